The van der Waals surface area contributed by atoms with Crippen LogP contribution in [-0.4, -0.2) is 47.3 Å². The molecule has 10 nitrogen and oxygen atoms in total. The number of halogens is 1. The van der Waals surface area contributed by atoms with Crippen LogP contribution in [0, 0.1) is 3.57 Å². The van der Waals surface area contributed by atoms with Gasteiger partial charge >= 0.3 is 11.9 Å². The minimum absolute atomic E-state index is 0.0220. The Balaban J connectivity index is 1.49. The number of amides is 2. The quantitative estimate of drug-likeness (QED) is 0.188. The highest BCUT2D eigenvalue weighted by Crippen LogP contribution is 2.38. The van der Waals surface area contributed by atoms with Gasteiger partial charge in [0.25, 0.3) is 11.1 Å². The van der Waals surface area contributed by atoms with Gasteiger partial charge in [0.15, 0.2) is 11.5 Å². The highest BCUT2D eigenvalue weighted by Gasteiger charge is 2.36. The molecule has 0 unspecified atom stereocenters. The lowest BCUT2D eigenvalue weighted by molar-refractivity contribution is -0.123. The summed E-state index contributed by atoms with van der Waals surface area (Å²) in [4.78, 5) is 49.3. The maximum atomic E-state index is 12.9. The molecule has 1 aliphatic rings. The summed E-state index contributed by atoms with van der Waals surface area (Å²) < 4.78 is 22.1. The average Bonchev–Trinajstić information content (AvgIpc) is 3.48. The molecule has 1 aliphatic heterocycles. The van der Waals surface area contributed by atoms with Crippen molar-refractivity contribution in [3.63, 3.8) is 0 Å². The van der Waals surface area contributed by atoms with Crippen LogP contribution in [0.25, 0.3) is 6.08 Å². The van der Waals surface area contributed by atoms with E-state index < -0.39 is 23.1 Å². The number of carboxylic acid groups (broad SMARTS) is 1. The Bertz CT molecular complexity index is 1450. The zero-order valence-electron chi connectivity index (χ0n) is 20.1. The number of aromatic carboxylic acids is 1. The lowest BCUT2D eigenvalue weighted by atomic mass is 10.1. The molecule has 196 valence electrons. The number of rotatable bonds is 9. The Kier molecular flexibility index (Phi) is 8.42. The van der Waals surface area contributed by atoms with Crippen LogP contribution in [0.3, 0.4) is 0 Å². The molecule has 0 spiro atoms. The molecule has 0 radical (unpaired) electrons. The molecule has 1 fully saturated rings. The van der Waals surface area contributed by atoms with Crippen molar-refractivity contribution < 1.29 is 42.9 Å². The highest BCUT2D eigenvalue weighted by molar-refractivity contribution is 14.1. The first kappa shape index (κ1) is 27.3. The van der Waals surface area contributed by atoms with E-state index in [0.717, 1.165) is 22.2 Å². The van der Waals surface area contributed by atoms with Crippen molar-refractivity contribution in [1.29, 1.82) is 0 Å². The molecule has 38 heavy (non-hydrogen) atoms. The minimum Gasteiger partial charge on any atom is -0.493 e. The van der Waals surface area contributed by atoms with E-state index in [9.17, 15) is 19.2 Å². The van der Waals surface area contributed by atoms with Gasteiger partial charge in [-0.2, -0.15) is 0 Å². The molecular formula is C26H20INO9S. The minimum atomic E-state index is -1.00. The van der Waals surface area contributed by atoms with Crippen LogP contribution in [0.15, 0.2) is 57.9 Å². The van der Waals surface area contributed by atoms with Gasteiger partial charge in [-0.3, -0.25) is 14.5 Å². The summed E-state index contributed by atoms with van der Waals surface area (Å²) in [7, 11) is 2.71. The lowest BCUT2D eigenvalue weighted by Crippen LogP contribution is -2.27. The summed E-state index contributed by atoms with van der Waals surface area (Å²) in [5, 5.41) is 8.57. The Morgan fingerprint density at radius 3 is 2.50 bits per heavy atom. The molecule has 2 amide bonds. The van der Waals surface area contributed by atoms with Crippen molar-refractivity contribution in [3.05, 3.63) is 85.2 Å². The topological polar surface area (TPSA) is 133 Å². The van der Waals surface area contributed by atoms with E-state index in [2.05, 4.69) is 27.3 Å². The largest absolute Gasteiger partial charge is 0.493 e. The number of ether oxygens (including phenoxy) is 3. The maximum Gasteiger partial charge on any atom is 0.373 e. The van der Waals surface area contributed by atoms with Gasteiger partial charge in [-0.1, -0.05) is 12.1 Å². The number of nitrogens with zero attached hydrogens (tertiary/aromatic N) is 1. The standard InChI is InChI=1S/C26H20INO9S/c1-34-20-10-15(9-18(27)22(20)36-13-14-3-5-16(6-4-14)24(30)31)11-21-23(29)28(26(33)38-21)12-17-7-8-19(37-17)25(32)35-2/h3-11H,12-13H2,1-2H3,(H,30,31)/b21-11+. The van der Waals surface area contributed by atoms with E-state index in [4.69, 9.17) is 19.0 Å². The van der Waals surface area contributed by atoms with Crippen LogP contribution >= 0.6 is 34.4 Å². The number of imide groups is 1. The number of esters is 1. The van der Waals surface area contributed by atoms with Crippen LogP contribution < -0.4 is 9.47 Å². The summed E-state index contributed by atoms with van der Waals surface area (Å²) in [6, 6.07) is 12.7. The van der Waals surface area contributed by atoms with Gasteiger partial charge in [-0.25, -0.2) is 9.59 Å². The second-order valence-corrected chi connectivity index (χ2v) is 10.0. The highest BCUT2D eigenvalue weighted by atomic mass is 127. The van der Waals surface area contributed by atoms with Gasteiger partial charge < -0.3 is 23.7 Å². The molecule has 1 aromatic heterocycles. The number of benzene rings is 2. The molecule has 0 atom stereocenters. The van der Waals surface area contributed by atoms with E-state index in [0.29, 0.717) is 20.6 Å². The molecule has 1 N–H and O–H groups in total. The molecule has 0 saturated carbocycles. The first-order chi connectivity index (χ1) is 18.2. The summed E-state index contributed by atoms with van der Waals surface area (Å²) in [5.74, 6) is -0.992. The molecule has 3 aromatic rings. The number of carbonyl (C=O) groups excluding carboxylic acids is 3. The third-order valence-electron chi connectivity index (χ3n) is 5.37. The summed E-state index contributed by atoms with van der Waals surface area (Å²) >= 11 is 2.88. The lowest BCUT2D eigenvalue weighted by Gasteiger charge is -2.14. The van der Waals surface area contributed by atoms with Crippen LogP contribution in [-0.2, 0) is 22.7 Å². The van der Waals surface area contributed by atoms with E-state index >= 15 is 0 Å². The van der Waals surface area contributed by atoms with E-state index in [1.807, 2.05) is 0 Å². The fourth-order valence-corrected chi connectivity index (χ4v) is 5.10. The second kappa shape index (κ2) is 11.7. The predicted molar refractivity (Wildman–Crippen MR) is 145 cm³/mol. The fourth-order valence-electron chi connectivity index (χ4n) is 3.48. The third kappa shape index (κ3) is 6.02. The van der Waals surface area contributed by atoms with Crippen LogP contribution in [0.1, 0.15) is 37.8 Å². The zero-order valence-corrected chi connectivity index (χ0v) is 23.0. The monoisotopic (exact) mass is 649 g/mol. The van der Waals surface area contributed by atoms with Gasteiger partial charge in [0.2, 0.25) is 5.76 Å². The van der Waals surface area contributed by atoms with E-state index in [1.165, 1.54) is 38.5 Å². The summed E-state index contributed by atoms with van der Waals surface area (Å²) in [5.41, 5.74) is 1.59. The Morgan fingerprint density at radius 1 is 1.11 bits per heavy atom. The molecule has 0 aliphatic carbocycles. The first-order valence-electron chi connectivity index (χ1n) is 10.9. The number of carboxylic acids is 1. The van der Waals surface area contributed by atoms with Crippen LogP contribution in [0.4, 0.5) is 4.79 Å². The number of hydrogen-bond donors (Lipinski definition) is 1. The van der Waals surface area contributed by atoms with Gasteiger partial charge in [-0.05, 0) is 88.0 Å². The van der Waals surface area contributed by atoms with Crippen molar-refractivity contribution in [2.45, 2.75) is 13.2 Å². The number of methoxy groups -OCH3 is 2. The van der Waals surface area contributed by atoms with Crippen molar-refractivity contribution in [1.82, 2.24) is 4.90 Å². The normalized spacial score (nSPS) is 14.2. The fraction of sp³-hybridized carbons (Fsp3) is 0.154. The van der Waals surface area contributed by atoms with Crippen molar-refractivity contribution in [3.8, 4) is 11.5 Å². The maximum absolute atomic E-state index is 12.9. The Hall–Kier alpha value is -3.78. The van der Waals surface area contributed by atoms with Crippen LogP contribution in [0.2, 0.25) is 0 Å². The van der Waals surface area contributed by atoms with E-state index in [-0.39, 0.29) is 35.1 Å². The third-order valence-corrected chi connectivity index (χ3v) is 7.08. The molecular weight excluding hydrogens is 629 g/mol. The zero-order chi connectivity index (χ0) is 27.4. The Morgan fingerprint density at radius 2 is 1.84 bits per heavy atom. The Labute approximate surface area is 234 Å². The summed E-state index contributed by atoms with van der Waals surface area (Å²) in [6.07, 6.45) is 1.59. The van der Waals surface area contributed by atoms with Gasteiger partial charge in [-0.15, -0.1) is 0 Å². The number of hydrogen-bond acceptors (Lipinski definition) is 9. The first-order valence-corrected chi connectivity index (χ1v) is 12.8. The molecule has 2 heterocycles. The number of furan rings is 1. The van der Waals surface area contributed by atoms with Crippen molar-refractivity contribution in [2.75, 3.05) is 14.2 Å². The number of carbonyl (C=O) groups is 4. The van der Waals surface area contributed by atoms with Gasteiger partial charge in [0.05, 0.1) is 34.8 Å². The predicted octanol–water partition coefficient (Wildman–Crippen LogP) is 5.19. The van der Waals surface area contributed by atoms with Crippen molar-refractivity contribution >= 4 is 63.5 Å². The second-order valence-electron chi connectivity index (χ2n) is 7.85. The average molecular weight is 649 g/mol. The molecule has 1 saturated heterocycles. The SMILES string of the molecule is COC(=O)c1ccc(CN2C(=O)S/C(=C/c3cc(I)c(OCc4ccc(C(=O)O)cc4)c(OC)c3)C2=O)o1. The molecule has 12 heteroatoms. The smallest absolute Gasteiger partial charge is 0.373 e. The van der Waals surface area contributed by atoms with Crippen molar-refractivity contribution in [2.24, 2.45) is 0 Å². The summed E-state index contributed by atoms with van der Waals surface area (Å²) in [6.45, 7) is 0.0645. The molecule has 2 aromatic carbocycles. The van der Waals surface area contributed by atoms with Gasteiger partial charge in [0, 0.05) is 0 Å². The van der Waals surface area contributed by atoms with E-state index in [1.54, 1.807) is 30.3 Å². The number of thioether (sulfide) groups is 1. The molecule has 4 rings (SSSR count). The van der Waals surface area contributed by atoms with Crippen LogP contribution in [0.5, 0.6) is 11.5 Å². The van der Waals surface area contributed by atoms with Gasteiger partial charge in [0.1, 0.15) is 12.4 Å². The molecule has 0 bridgehead atoms.